The molecule has 0 saturated carbocycles. The zero-order valence-corrected chi connectivity index (χ0v) is 18.1. The van der Waals surface area contributed by atoms with Gasteiger partial charge in [-0.2, -0.15) is 17.8 Å². The molecular weight excluding hydrogens is 420 g/mol. The molecular formula is C21H22N4O3S2. The average Bonchev–Trinajstić information content (AvgIpc) is 3.46. The van der Waals surface area contributed by atoms with E-state index in [4.69, 9.17) is 9.17 Å². The van der Waals surface area contributed by atoms with E-state index in [1.807, 2.05) is 42.2 Å². The molecule has 3 atom stereocenters. The molecule has 0 aliphatic carbocycles. The smallest absolute Gasteiger partial charge is 0.298 e. The summed E-state index contributed by atoms with van der Waals surface area (Å²) >= 11 is 1.28. The highest BCUT2D eigenvalue weighted by Crippen LogP contribution is 2.39. The van der Waals surface area contributed by atoms with Gasteiger partial charge in [0.1, 0.15) is 0 Å². The van der Waals surface area contributed by atoms with Gasteiger partial charge < -0.3 is 10.2 Å². The highest BCUT2D eigenvalue weighted by Gasteiger charge is 2.48. The first kappa shape index (κ1) is 19.6. The summed E-state index contributed by atoms with van der Waals surface area (Å²) in [6, 6.07) is 16.5. The molecule has 7 nitrogen and oxygen atoms in total. The molecule has 30 heavy (non-hydrogen) atoms. The normalized spacial score (nSPS) is 23.6. The first-order valence-electron chi connectivity index (χ1n) is 9.88. The second-order valence-corrected chi connectivity index (χ2v) is 10.1. The van der Waals surface area contributed by atoms with Crippen LogP contribution in [-0.4, -0.2) is 43.6 Å². The van der Waals surface area contributed by atoms with Crippen molar-refractivity contribution in [3.63, 3.8) is 0 Å². The summed E-state index contributed by atoms with van der Waals surface area (Å²) in [5, 5.41) is 4.04. The maximum atomic E-state index is 13.0. The van der Waals surface area contributed by atoms with Crippen LogP contribution in [0.5, 0.6) is 0 Å². The minimum Gasteiger partial charge on any atom is -0.319 e. The number of rotatable bonds is 5. The molecule has 0 spiro atoms. The lowest BCUT2D eigenvalue weighted by atomic mass is 10.00. The van der Waals surface area contributed by atoms with E-state index in [1.165, 1.54) is 11.5 Å². The number of hydrogen-bond donors (Lipinski definition) is 1. The van der Waals surface area contributed by atoms with Crippen LogP contribution in [0.25, 0.3) is 11.4 Å². The molecule has 2 fully saturated rings. The molecule has 2 aliphatic rings. The van der Waals surface area contributed by atoms with Crippen molar-refractivity contribution in [2.24, 2.45) is 11.8 Å². The number of nitrogens with one attached hydrogen (secondary N) is 1. The second kappa shape index (κ2) is 7.73. The maximum absolute atomic E-state index is 13.0. The topological polar surface area (TPSA) is 84.4 Å². The van der Waals surface area contributed by atoms with Crippen molar-refractivity contribution >= 4 is 26.8 Å². The number of hydrogen-bond acceptors (Lipinski definition) is 8. The van der Waals surface area contributed by atoms with Crippen molar-refractivity contribution in [2.45, 2.75) is 18.0 Å². The molecule has 3 unspecified atom stereocenters. The summed E-state index contributed by atoms with van der Waals surface area (Å²) in [6.45, 7) is 4.18. The SMILES string of the molecule is Cc1ccc(S(=O)(=O)OC2C3CNCC3CN2c2nc(-c3ccccc3)ns2)cc1. The zero-order chi connectivity index (χ0) is 20.7. The lowest BCUT2D eigenvalue weighted by Crippen LogP contribution is -2.39. The van der Waals surface area contributed by atoms with E-state index in [0.29, 0.717) is 23.4 Å². The first-order chi connectivity index (χ1) is 14.5. The third kappa shape index (κ3) is 3.62. The number of aromatic nitrogens is 2. The van der Waals surface area contributed by atoms with E-state index in [0.717, 1.165) is 24.2 Å². The van der Waals surface area contributed by atoms with Gasteiger partial charge in [0.05, 0.1) is 4.90 Å². The summed E-state index contributed by atoms with van der Waals surface area (Å²) in [6.07, 6.45) is -0.604. The minimum atomic E-state index is -3.90. The van der Waals surface area contributed by atoms with Gasteiger partial charge in [0.25, 0.3) is 10.1 Å². The van der Waals surface area contributed by atoms with Crippen molar-refractivity contribution < 1.29 is 12.6 Å². The van der Waals surface area contributed by atoms with Crippen molar-refractivity contribution in [3.05, 3.63) is 60.2 Å². The van der Waals surface area contributed by atoms with Crippen LogP contribution in [0.3, 0.4) is 0 Å². The van der Waals surface area contributed by atoms with E-state index < -0.39 is 16.3 Å². The van der Waals surface area contributed by atoms with Gasteiger partial charge in [-0.25, -0.2) is 4.18 Å². The molecule has 156 valence electrons. The summed E-state index contributed by atoms with van der Waals surface area (Å²) in [7, 11) is -3.90. The Balaban J connectivity index is 1.45. The average molecular weight is 443 g/mol. The zero-order valence-electron chi connectivity index (χ0n) is 16.4. The Labute approximate surface area is 180 Å². The number of fused-ring (bicyclic) bond motifs is 1. The number of anilines is 1. The third-order valence-electron chi connectivity index (χ3n) is 5.72. The first-order valence-corrected chi connectivity index (χ1v) is 12.1. The van der Waals surface area contributed by atoms with Gasteiger partial charge in [0.15, 0.2) is 12.1 Å². The molecule has 0 bridgehead atoms. The highest BCUT2D eigenvalue weighted by atomic mass is 32.2. The molecule has 2 aromatic carbocycles. The van der Waals surface area contributed by atoms with Gasteiger partial charge >= 0.3 is 0 Å². The van der Waals surface area contributed by atoms with Crippen LogP contribution < -0.4 is 10.2 Å². The number of benzene rings is 2. The molecule has 9 heteroatoms. The summed E-state index contributed by atoms with van der Waals surface area (Å²) in [5.74, 6) is 1.03. The summed E-state index contributed by atoms with van der Waals surface area (Å²) < 4.78 is 36.3. The van der Waals surface area contributed by atoms with Gasteiger partial charge in [-0.3, -0.25) is 0 Å². The van der Waals surface area contributed by atoms with Crippen molar-refractivity contribution in [1.82, 2.24) is 14.7 Å². The summed E-state index contributed by atoms with van der Waals surface area (Å²) in [5.41, 5.74) is 1.93. The van der Waals surface area contributed by atoms with Gasteiger partial charge in [-0.15, -0.1) is 0 Å². The highest BCUT2D eigenvalue weighted by molar-refractivity contribution is 7.86. The Morgan fingerprint density at radius 2 is 1.87 bits per heavy atom. The van der Waals surface area contributed by atoms with Gasteiger partial charge in [-0.05, 0) is 25.0 Å². The van der Waals surface area contributed by atoms with Gasteiger partial charge in [-0.1, -0.05) is 48.0 Å². The molecule has 2 aliphatic heterocycles. The van der Waals surface area contributed by atoms with Crippen LogP contribution in [-0.2, 0) is 14.3 Å². The van der Waals surface area contributed by atoms with Crippen molar-refractivity contribution in [1.29, 1.82) is 0 Å². The molecule has 3 heterocycles. The Morgan fingerprint density at radius 1 is 1.10 bits per heavy atom. The molecule has 2 saturated heterocycles. The van der Waals surface area contributed by atoms with E-state index in [2.05, 4.69) is 9.69 Å². The van der Waals surface area contributed by atoms with Gasteiger partial charge in [0.2, 0.25) is 5.13 Å². The predicted octanol–water partition coefficient (Wildman–Crippen LogP) is 2.90. The van der Waals surface area contributed by atoms with Crippen LogP contribution in [0.1, 0.15) is 5.56 Å². The Morgan fingerprint density at radius 3 is 2.63 bits per heavy atom. The van der Waals surface area contributed by atoms with Crippen LogP contribution >= 0.6 is 11.5 Å². The molecule has 0 radical (unpaired) electrons. The fourth-order valence-corrected chi connectivity index (χ4v) is 5.92. The van der Waals surface area contributed by atoms with Crippen LogP contribution in [0.2, 0.25) is 0 Å². The fraction of sp³-hybridized carbons (Fsp3) is 0.333. The lowest BCUT2D eigenvalue weighted by molar-refractivity contribution is 0.167. The Hall–Kier alpha value is -2.33. The lowest BCUT2D eigenvalue weighted by Gasteiger charge is -2.26. The van der Waals surface area contributed by atoms with Crippen molar-refractivity contribution in [2.75, 3.05) is 24.5 Å². The summed E-state index contributed by atoms with van der Waals surface area (Å²) in [4.78, 5) is 6.83. The van der Waals surface area contributed by atoms with E-state index in [9.17, 15) is 8.42 Å². The van der Waals surface area contributed by atoms with Crippen LogP contribution in [0.4, 0.5) is 5.13 Å². The quantitative estimate of drug-likeness (QED) is 0.608. The van der Waals surface area contributed by atoms with E-state index in [1.54, 1.807) is 24.3 Å². The Kier molecular flexibility index (Phi) is 5.06. The molecule has 5 rings (SSSR count). The van der Waals surface area contributed by atoms with Crippen molar-refractivity contribution in [3.8, 4) is 11.4 Å². The predicted molar refractivity (Wildman–Crippen MR) is 116 cm³/mol. The molecule has 1 aromatic heterocycles. The van der Waals surface area contributed by atoms with E-state index in [-0.39, 0.29) is 10.8 Å². The second-order valence-electron chi connectivity index (χ2n) is 7.76. The van der Waals surface area contributed by atoms with Crippen LogP contribution in [0.15, 0.2) is 59.5 Å². The van der Waals surface area contributed by atoms with Crippen LogP contribution in [0, 0.1) is 18.8 Å². The fourth-order valence-electron chi connectivity index (χ4n) is 4.11. The third-order valence-corrected chi connectivity index (χ3v) is 7.78. The molecule has 1 N–H and O–H groups in total. The number of nitrogens with zero attached hydrogens (tertiary/aromatic N) is 3. The maximum Gasteiger partial charge on any atom is 0.298 e. The molecule has 0 amide bonds. The van der Waals surface area contributed by atoms with Gasteiger partial charge in [0, 0.05) is 42.6 Å². The molecule has 3 aromatic rings. The monoisotopic (exact) mass is 442 g/mol. The minimum absolute atomic E-state index is 0.0781. The number of aryl methyl sites for hydroxylation is 1. The standard InChI is InChI=1S/C21H22N4O3S2/c1-14-7-9-17(10-8-14)30(26,27)28-20-18-12-22-11-16(18)13-25(20)21-23-19(24-29-21)15-5-3-2-4-6-15/h2-10,16,18,20,22H,11-13H2,1H3. The largest absolute Gasteiger partial charge is 0.319 e. The van der Waals surface area contributed by atoms with E-state index >= 15 is 0 Å². The Bertz CT molecular complexity index is 1130.